The summed E-state index contributed by atoms with van der Waals surface area (Å²) in [7, 11) is -4.25. The Balaban J connectivity index is 1.76. The van der Waals surface area contributed by atoms with E-state index in [4.69, 9.17) is 0 Å². The van der Waals surface area contributed by atoms with Crippen LogP contribution in [0.1, 0.15) is 16.7 Å². The van der Waals surface area contributed by atoms with E-state index < -0.39 is 34.2 Å². The Labute approximate surface area is 207 Å². The summed E-state index contributed by atoms with van der Waals surface area (Å²) >= 11 is 0. The molecule has 0 unspecified atom stereocenters. The number of carbonyl (C=O) groups excluding carboxylic acids is 1. The largest absolute Gasteiger partial charge is 0.416 e. The van der Waals surface area contributed by atoms with Gasteiger partial charge in [-0.25, -0.2) is 8.42 Å². The lowest BCUT2D eigenvalue weighted by Crippen LogP contribution is -2.38. The molecule has 0 radical (unpaired) electrons. The standard InChI is InChI=1S/C27H23F3N2O3S/c1-18-8-5-14-24(19(18)2)32(17-26(33)31-22-12-7-11-21(16-22)27(28,29)30)36(34,35)25-15-6-10-20-9-3-4-13-23(20)25/h3-16H,17H2,1-2H3,(H,31,33). The number of nitrogens with zero attached hydrogens (tertiary/aromatic N) is 1. The highest BCUT2D eigenvalue weighted by Gasteiger charge is 2.32. The average molecular weight is 513 g/mol. The quantitative estimate of drug-likeness (QED) is 0.329. The molecule has 0 heterocycles. The minimum Gasteiger partial charge on any atom is -0.325 e. The first-order valence-electron chi connectivity index (χ1n) is 11.0. The van der Waals surface area contributed by atoms with Crippen molar-refractivity contribution in [2.75, 3.05) is 16.2 Å². The number of amides is 1. The van der Waals surface area contributed by atoms with Crippen molar-refractivity contribution in [1.82, 2.24) is 0 Å². The van der Waals surface area contributed by atoms with E-state index in [1.807, 2.05) is 13.0 Å². The maximum atomic E-state index is 14.0. The summed E-state index contributed by atoms with van der Waals surface area (Å²) in [5.41, 5.74) is 0.785. The molecule has 4 aromatic carbocycles. The van der Waals surface area contributed by atoms with Gasteiger partial charge in [-0.2, -0.15) is 13.2 Å². The minimum atomic E-state index is -4.58. The highest BCUT2D eigenvalue weighted by molar-refractivity contribution is 7.93. The number of rotatable bonds is 6. The van der Waals surface area contributed by atoms with E-state index in [-0.39, 0.29) is 10.6 Å². The van der Waals surface area contributed by atoms with Gasteiger partial charge in [-0.15, -0.1) is 0 Å². The van der Waals surface area contributed by atoms with Crippen LogP contribution in [0.5, 0.6) is 0 Å². The summed E-state index contributed by atoms with van der Waals surface area (Å²) in [6, 6.07) is 21.2. The van der Waals surface area contributed by atoms with Crippen LogP contribution in [0.15, 0.2) is 89.8 Å². The molecule has 0 aliphatic carbocycles. The summed E-state index contributed by atoms with van der Waals surface area (Å²) in [6.45, 7) is 2.94. The van der Waals surface area contributed by atoms with Gasteiger partial charge in [0.15, 0.2) is 0 Å². The van der Waals surface area contributed by atoms with Crippen LogP contribution in [0, 0.1) is 13.8 Å². The molecule has 0 bridgehead atoms. The molecule has 0 atom stereocenters. The summed E-state index contributed by atoms with van der Waals surface area (Å²) in [6.07, 6.45) is -4.58. The molecule has 5 nitrogen and oxygen atoms in total. The van der Waals surface area contributed by atoms with E-state index in [2.05, 4.69) is 5.32 Å². The molecule has 1 amide bonds. The highest BCUT2D eigenvalue weighted by Crippen LogP contribution is 2.33. The van der Waals surface area contributed by atoms with Crippen molar-refractivity contribution in [1.29, 1.82) is 0 Å². The Morgan fingerprint density at radius 3 is 2.31 bits per heavy atom. The fourth-order valence-electron chi connectivity index (χ4n) is 3.95. The first-order valence-corrected chi connectivity index (χ1v) is 12.5. The number of benzene rings is 4. The Morgan fingerprint density at radius 1 is 0.889 bits per heavy atom. The van der Waals surface area contributed by atoms with Gasteiger partial charge in [0.05, 0.1) is 16.1 Å². The molecular weight excluding hydrogens is 489 g/mol. The Morgan fingerprint density at radius 2 is 1.56 bits per heavy atom. The summed E-state index contributed by atoms with van der Waals surface area (Å²) < 4.78 is 68.2. The van der Waals surface area contributed by atoms with Gasteiger partial charge in [-0.05, 0) is 60.7 Å². The molecule has 0 aromatic heterocycles. The lowest BCUT2D eigenvalue weighted by molar-refractivity contribution is -0.137. The maximum Gasteiger partial charge on any atom is 0.416 e. The number of fused-ring (bicyclic) bond motifs is 1. The van der Waals surface area contributed by atoms with Crippen molar-refractivity contribution in [3.8, 4) is 0 Å². The van der Waals surface area contributed by atoms with Crippen LogP contribution in [0.3, 0.4) is 0 Å². The van der Waals surface area contributed by atoms with E-state index in [1.54, 1.807) is 55.5 Å². The van der Waals surface area contributed by atoms with Crippen molar-refractivity contribution >= 4 is 38.1 Å². The molecule has 0 spiro atoms. The molecule has 186 valence electrons. The molecule has 4 aromatic rings. The fraction of sp³-hybridized carbons (Fsp3) is 0.148. The normalized spacial score (nSPS) is 11.9. The highest BCUT2D eigenvalue weighted by atomic mass is 32.2. The van der Waals surface area contributed by atoms with Crippen LogP contribution in [0.25, 0.3) is 10.8 Å². The topological polar surface area (TPSA) is 66.5 Å². The summed E-state index contributed by atoms with van der Waals surface area (Å²) in [5, 5.41) is 3.61. The van der Waals surface area contributed by atoms with Gasteiger partial charge in [0.2, 0.25) is 5.91 Å². The monoisotopic (exact) mass is 512 g/mol. The number of aryl methyl sites for hydroxylation is 1. The zero-order valence-electron chi connectivity index (χ0n) is 19.5. The molecule has 4 rings (SSSR count). The molecule has 0 aliphatic heterocycles. The number of sulfonamides is 1. The van der Waals surface area contributed by atoms with Crippen LogP contribution in [0.2, 0.25) is 0 Å². The summed E-state index contributed by atoms with van der Waals surface area (Å²) in [5.74, 6) is -0.779. The van der Waals surface area contributed by atoms with E-state index in [1.165, 1.54) is 18.2 Å². The zero-order chi connectivity index (χ0) is 26.1. The van der Waals surface area contributed by atoms with Gasteiger partial charge in [0.1, 0.15) is 6.54 Å². The third-order valence-electron chi connectivity index (χ3n) is 5.92. The Bertz CT molecular complexity index is 1540. The van der Waals surface area contributed by atoms with E-state index >= 15 is 0 Å². The lowest BCUT2D eigenvalue weighted by Gasteiger charge is -2.27. The van der Waals surface area contributed by atoms with Gasteiger partial charge < -0.3 is 5.32 Å². The van der Waals surface area contributed by atoms with E-state index in [9.17, 15) is 26.4 Å². The van der Waals surface area contributed by atoms with Crippen LogP contribution >= 0.6 is 0 Å². The second kappa shape index (κ2) is 9.66. The summed E-state index contributed by atoms with van der Waals surface area (Å²) in [4.78, 5) is 13.0. The Kier molecular flexibility index (Phi) is 6.77. The van der Waals surface area contributed by atoms with Crippen molar-refractivity contribution < 1.29 is 26.4 Å². The van der Waals surface area contributed by atoms with Gasteiger partial charge in [-0.1, -0.05) is 54.6 Å². The number of anilines is 2. The smallest absolute Gasteiger partial charge is 0.325 e. The van der Waals surface area contributed by atoms with Crippen LogP contribution < -0.4 is 9.62 Å². The number of carbonyl (C=O) groups is 1. The molecule has 36 heavy (non-hydrogen) atoms. The number of alkyl halides is 3. The average Bonchev–Trinajstić information content (AvgIpc) is 2.83. The number of halogens is 3. The molecule has 1 N–H and O–H groups in total. The van der Waals surface area contributed by atoms with Crippen LogP contribution in [-0.4, -0.2) is 20.9 Å². The number of nitrogens with one attached hydrogen (secondary N) is 1. The second-order valence-electron chi connectivity index (χ2n) is 8.33. The van der Waals surface area contributed by atoms with Gasteiger partial charge in [-0.3, -0.25) is 9.10 Å². The number of hydrogen-bond acceptors (Lipinski definition) is 3. The van der Waals surface area contributed by atoms with E-state index in [0.29, 0.717) is 22.0 Å². The first-order chi connectivity index (χ1) is 17.0. The first kappa shape index (κ1) is 25.2. The molecule has 0 saturated heterocycles. The molecular formula is C27H23F3N2O3S. The van der Waals surface area contributed by atoms with Crippen LogP contribution in [-0.2, 0) is 21.0 Å². The maximum absolute atomic E-state index is 14.0. The Hall–Kier alpha value is -3.85. The lowest BCUT2D eigenvalue weighted by atomic mass is 10.1. The third-order valence-corrected chi connectivity index (χ3v) is 7.74. The van der Waals surface area contributed by atoms with Crippen molar-refractivity contribution in [3.63, 3.8) is 0 Å². The molecule has 0 aliphatic rings. The van der Waals surface area contributed by atoms with E-state index in [0.717, 1.165) is 22.0 Å². The second-order valence-corrected chi connectivity index (χ2v) is 10.2. The molecule has 9 heteroatoms. The van der Waals surface area contributed by atoms with Crippen molar-refractivity contribution in [2.24, 2.45) is 0 Å². The molecule has 0 fully saturated rings. The van der Waals surface area contributed by atoms with Crippen molar-refractivity contribution in [2.45, 2.75) is 24.9 Å². The van der Waals surface area contributed by atoms with Gasteiger partial charge in [0, 0.05) is 11.1 Å². The van der Waals surface area contributed by atoms with Crippen molar-refractivity contribution in [3.05, 3.63) is 102 Å². The molecule has 0 saturated carbocycles. The predicted octanol–water partition coefficient (Wildman–Crippen LogP) is 6.31. The van der Waals surface area contributed by atoms with Gasteiger partial charge in [0.25, 0.3) is 10.0 Å². The zero-order valence-corrected chi connectivity index (χ0v) is 20.3. The number of hydrogen-bond donors (Lipinski definition) is 1. The minimum absolute atomic E-state index is 0.0216. The predicted molar refractivity (Wildman–Crippen MR) is 134 cm³/mol. The third kappa shape index (κ3) is 5.06. The fourth-order valence-corrected chi connectivity index (χ4v) is 5.64. The SMILES string of the molecule is Cc1cccc(N(CC(=O)Nc2cccc(C(F)(F)F)c2)S(=O)(=O)c2cccc3ccccc23)c1C. The van der Waals surface area contributed by atoms with Crippen LogP contribution in [0.4, 0.5) is 24.5 Å². The van der Waals surface area contributed by atoms with Gasteiger partial charge >= 0.3 is 6.18 Å².